The van der Waals surface area contributed by atoms with E-state index in [1.165, 1.54) is 0 Å². The number of anilines is 1. The number of aromatic nitrogens is 1. The van der Waals surface area contributed by atoms with Gasteiger partial charge in [0.15, 0.2) is 0 Å². The zero-order valence-electron chi connectivity index (χ0n) is 8.83. The normalized spacial score (nSPS) is 10.0. The highest BCUT2D eigenvalue weighted by Gasteiger charge is 2.16. The largest absolute Gasteiger partial charge is 0.478 e. The van der Waals surface area contributed by atoms with E-state index < -0.39 is 5.97 Å². The quantitative estimate of drug-likeness (QED) is 0.774. The van der Waals surface area contributed by atoms with Gasteiger partial charge < -0.3 is 10.0 Å². The standard InChI is InChI=1S/C10H14N2O2/c1-6-5-8(12(3)4)9(10(13)14)7(2)11-6/h5H,1-4H3,(H,13,14). The third kappa shape index (κ3) is 1.84. The lowest BCUT2D eigenvalue weighted by Crippen LogP contribution is -2.16. The Morgan fingerprint density at radius 2 is 2.00 bits per heavy atom. The summed E-state index contributed by atoms with van der Waals surface area (Å²) in [6.07, 6.45) is 0. The summed E-state index contributed by atoms with van der Waals surface area (Å²) in [6, 6.07) is 1.77. The molecule has 76 valence electrons. The van der Waals surface area contributed by atoms with E-state index in [9.17, 15) is 4.79 Å². The van der Waals surface area contributed by atoms with Crippen molar-refractivity contribution in [3.8, 4) is 0 Å². The molecule has 0 saturated carbocycles. The fraction of sp³-hybridized carbons (Fsp3) is 0.400. The summed E-state index contributed by atoms with van der Waals surface area (Å²) in [5.74, 6) is -0.932. The fourth-order valence-electron chi connectivity index (χ4n) is 1.43. The Balaban J connectivity index is 3.44. The molecule has 1 heterocycles. The minimum Gasteiger partial charge on any atom is -0.478 e. The van der Waals surface area contributed by atoms with Crippen LogP contribution in [0.2, 0.25) is 0 Å². The van der Waals surface area contributed by atoms with Crippen molar-refractivity contribution >= 4 is 11.7 Å². The van der Waals surface area contributed by atoms with Crippen LogP contribution in [0.1, 0.15) is 21.7 Å². The first-order valence-corrected chi connectivity index (χ1v) is 4.32. The van der Waals surface area contributed by atoms with Gasteiger partial charge in [-0.3, -0.25) is 4.98 Å². The molecule has 1 rings (SSSR count). The Kier molecular flexibility index (Phi) is 2.74. The van der Waals surface area contributed by atoms with Crippen LogP contribution in [-0.2, 0) is 0 Å². The van der Waals surface area contributed by atoms with Crippen LogP contribution in [-0.4, -0.2) is 30.2 Å². The Morgan fingerprint density at radius 1 is 1.43 bits per heavy atom. The fourth-order valence-corrected chi connectivity index (χ4v) is 1.43. The number of carbonyl (C=O) groups is 1. The van der Waals surface area contributed by atoms with Crippen molar-refractivity contribution in [2.45, 2.75) is 13.8 Å². The summed E-state index contributed by atoms with van der Waals surface area (Å²) >= 11 is 0. The summed E-state index contributed by atoms with van der Waals surface area (Å²) in [4.78, 5) is 16.9. The molecule has 0 aliphatic rings. The smallest absolute Gasteiger partial charge is 0.339 e. The SMILES string of the molecule is Cc1cc(N(C)C)c(C(=O)O)c(C)n1. The molecule has 0 aromatic carbocycles. The first-order valence-electron chi connectivity index (χ1n) is 4.32. The highest BCUT2D eigenvalue weighted by molar-refractivity contribution is 5.95. The minimum absolute atomic E-state index is 0.278. The number of rotatable bonds is 2. The minimum atomic E-state index is -0.932. The second-order valence-electron chi connectivity index (χ2n) is 3.44. The molecular formula is C10H14N2O2. The van der Waals surface area contributed by atoms with Crippen molar-refractivity contribution in [2.75, 3.05) is 19.0 Å². The Labute approximate surface area is 83.2 Å². The molecule has 0 fully saturated rings. The molecule has 4 heteroatoms. The molecular weight excluding hydrogens is 180 g/mol. The molecule has 0 bridgehead atoms. The van der Waals surface area contributed by atoms with Crippen LogP contribution >= 0.6 is 0 Å². The average Bonchev–Trinajstić information content (AvgIpc) is 2.01. The topological polar surface area (TPSA) is 53.4 Å². The molecule has 0 saturated heterocycles. The van der Waals surface area contributed by atoms with Crippen molar-refractivity contribution in [3.05, 3.63) is 23.0 Å². The predicted molar refractivity (Wildman–Crippen MR) is 55.0 cm³/mol. The van der Waals surface area contributed by atoms with Gasteiger partial charge in [0.1, 0.15) is 5.56 Å². The number of aryl methyl sites for hydroxylation is 2. The van der Waals surface area contributed by atoms with Crippen LogP contribution in [0.3, 0.4) is 0 Å². The molecule has 4 nitrogen and oxygen atoms in total. The molecule has 0 aliphatic carbocycles. The second kappa shape index (κ2) is 3.65. The molecule has 0 radical (unpaired) electrons. The molecule has 1 N–H and O–H groups in total. The van der Waals surface area contributed by atoms with Crippen molar-refractivity contribution in [1.82, 2.24) is 4.98 Å². The number of pyridine rings is 1. The Bertz CT molecular complexity index is 373. The van der Waals surface area contributed by atoms with Crippen LogP contribution in [0, 0.1) is 13.8 Å². The van der Waals surface area contributed by atoms with E-state index in [4.69, 9.17) is 5.11 Å². The number of carboxylic acids is 1. The van der Waals surface area contributed by atoms with Crippen molar-refractivity contribution in [3.63, 3.8) is 0 Å². The lowest BCUT2D eigenvalue weighted by Gasteiger charge is -2.17. The van der Waals surface area contributed by atoms with Gasteiger partial charge in [0.2, 0.25) is 0 Å². The van der Waals surface area contributed by atoms with Crippen LogP contribution < -0.4 is 4.90 Å². The monoisotopic (exact) mass is 194 g/mol. The van der Waals surface area contributed by atoms with E-state index in [0.717, 1.165) is 5.69 Å². The third-order valence-electron chi connectivity index (χ3n) is 2.00. The van der Waals surface area contributed by atoms with Crippen LogP contribution in [0.25, 0.3) is 0 Å². The van der Waals surface area contributed by atoms with E-state index in [1.54, 1.807) is 17.9 Å². The summed E-state index contributed by atoms with van der Waals surface area (Å²) in [6.45, 7) is 3.56. The lowest BCUT2D eigenvalue weighted by atomic mass is 10.1. The second-order valence-corrected chi connectivity index (χ2v) is 3.44. The zero-order valence-corrected chi connectivity index (χ0v) is 8.83. The van der Waals surface area contributed by atoms with Gasteiger partial charge in [-0.15, -0.1) is 0 Å². The first kappa shape index (κ1) is 10.5. The summed E-state index contributed by atoms with van der Waals surface area (Å²) in [5, 5.41) is 9.02. The number of hydrogen-bond donors (Lipinski definition) is 1. The maximum absolute atomic E-state index is 11.0. The maximum atomic E-state index is 11.0. The molecule has 0 atom stereocenters. The molecule has 0 amide bonds. The summed E-state index contributed by atoms with van der Waals surface area (Å²) < 4.78 is 0. The van der Waals surface area contributed by atoms with Gasteiger partial charge >= 0.3 is 5.97 Å². The maximum Gasteiger partial charge on any atom is 0.339 e. The van der Waals surface area contributed by atoms with E-state index in [-0.39, 0.29) is 5.56 Å². The summed E-state index contributed by atoms with van der Waals surface area (Å²) in [7, 11) is 3.64. The predicted octanol–water partition coefficient (Wildman–Crippen LogP) is 1.46. The van der Waals surface area contributed by atoms with Crippen LogP contribution in [0.4, 0.5) is 5.69 Å². The number of carboxylic acid groups (broad SMARTS) is 1. The van der Waals surface area contributed by atoms with Crippen molar-refractivity contribution in [2.24, 2.45) is 0 Å². The highest BCUT2D eigenvalue weighted by atomic mass is 16.4. The number of hydrogen-bond acceptors (Lipinski definition) is 3. The van der Waals surface area contributed by atoms with E-state index >= 15 is 0 Å². The zero-order chi connectivity index (χ0) is 10.9. The number of nitrogens with zero attached hydrogens (tertiary/aromatic N) is 2. The van der Waals surface area contributed by atoms with E-state index in [0.29, 0.717) is 11.4 Å². The van der Waals surface area contributed by atoms with Crippen LogP contribution in [0.15, 0.2) is 6.07 Å². The van der Waals surface area contributed by atoms with Crippen molar-refractivity contribution in [1.29, 1.82) is 0 Å². The molecule has 0 spiro atoms. The Morgan fingerprint density at radius 3 is 2.43 bits per heavy atom. The van der Waals surface area contributed by atoms with E-state index in [2.05, 4.69) is 4.98 Å². The number of aromatic carboxylic acids is 1. The Hall–Kier alpha value is -1.58. The van der Waals surface area contributed by atoms with Gasteiger partial charge in [-0.1, -0.05) is 0 Å². The van der Waals surface area contributed by atoms with Crippen LogP contribution in [0.5, 0.6) is 0 Å². The van der Waals surface area contributed by atoms with Gasteiger partial charge in [0, 0.05) is 19.8 Å². The first-order chi connectivity index (χ1) is 6.43. The highest BCUT2D eigenvalue weighted by Crippen LogP contribution is 2.21. The third-order valence-corrected chi connectivity index (χ3v) is 2.00. The van der Waals surface area contributed by atoms with Gasteiger partial charge in [-0.2, -0.15) is 0 Å². The van der Waals surface area contributed by atoms with Gasteiger partial charge in [0.25, 0.3) is 0 Å². The van der Waals surface area contributed by atoms with Gasteiger partial charge in [-0.05, 0) is 19.9 Å². The molecule has 0 unspecified atom stereocenters. The van der Waals surface area contributed by atoms with E-state index in [1.807, 2.05) is 21.0 Å². The average molecular weight is 194 g/mol. The van der Waals surface area contributed by atoms with Gasteiger partial charge in [-0.25, -0.2) is 4.79 Å². The van der Waals surface area contributed by atoms with Gasteiger partial charge in [0.05, 0.1) is 11.4 Å². The molecule has 0 aliphatic heterocycles. The molecule has 14 heavy (non-hydrogen) atoms. The molecule has 1 aromatic heterocycles. The lowest BCUT2D eigenvalue weighted by molar-refractivity contribution is 0.0696. The molecule has 1 aromatic rings. The summed E-state index contributed by atoms with van der Waals surface area (Å²) in [5.41, 5.74) is 2.36. The van der Waals surface area contributed by atoms with Crippen molar-refractivity contribution < 1.29 is 9.90 Å².